The van der Waals surface area contributed by atoms with Gasteiger partial charge in [-0.15, -0.1) is 0 Å². The fraction of sp³-hybridized carbons (Fsp3) is 0.571. The first kappa shape index (κ1) is 16.2. The van der Waals surface area contributed by atoms with E-state index >= 15 is 0 Å². The number of hydrogen-bond donors (Lipinski definition) is 1. The van der Waals surface area contributed by atoms with Crippen molar-refractivity contribution >= 4 is 17.4 Å². The van der Waals surface area contributed by atoms with Gasteiger partial charge in [0, 0.05) is 38.7 Å². The molecule has 1 aromatic heterocycles. The summed E-state index contributed by atoms with van der Waals surface area (Å²) in [5.74, 6) is 0.781. The van der Waals surface area contributed by atoms with Gasteiger partial charge >= 0.3 is 0 Å². The minimum Gasteiger partial charge on any atom is -0.383 e. The summed E-state index contributed by atoms with van der Waals surface area (Å²) in [7, 11) is 1.60. The number of nitro groups is 1. The van der Waals surface area contributed by atoms with Crippen molar-refractivity contribution in [1.82, 2.24) is 10.3 Å². The van der Waals surface area contributed by atoms with Gasteiger partial charge in [0.15, 0.2) is 0 Å². The standard InChI is InChI=1S/C14H20N4O4/c1-22-9-6-15-14(19)11-4-7-17(8-5-11)13-3-2-12(10-16-13)18(20)21/h2-3,10-11H,4-9H2,1H3,(H,15,19). The molecule has 1 aliphatic rings. The Kier molecular flexibility index (Phi) is 5.65. The molecule has 22 heavy (non-hydrogen) atoms. The summed E-state index contributed by atoms with van der Waals surface area (Å²) in [5.41, 5.74) is -0.0174. The topological polar surface area (TPSA) is 97.6 Å². The highest BCUT2D eigenvalue weighted by molar-refractivity contribution is 5.78. The lowest BCUT2D eigenvalue weighted by Gasteiger charge is -2.32. The number of hydrogen-bond acceptors (Lipinski definition) is 6. The largest absolute Gasteiger partial charge is 0.383 e. The van der Waals surface area contributed by atoms with E-state index in [0.717, 1.165) is 12.8 Å². The van der Waals surface area contributed by atoms with Gasteiger partial charge in [0.1, 0.15) is 12.0 Å². The zero-order chi connectivity index (χ0) is 15.9. The SMILES string of the molecule is COCCNC(=O)C1CCN(c2ccc([N+](=O)[O-])cn2)CC1. The second-order valence-corrected chi connectivity index (χ2v) is 5.18. The van der Waals surface area contributed by atoms with Crippen LogP contribution in [-0.4, -0.2) is 49.2 Å². The van der Waals surface area contributed by atoms with Crippen LogP contribution >= 0.6 is 0 Å². The van der Waals surface area contributed by atoms with Crippen molar-refractivity contribution in [3.8, 4) is 0 Å². The number of rotatable bonds is 6. The van der Waals surface area contributed by atoms with Gasteiger partial charge in [0.25, 0.3) is 5.69 Å². The molecule has 0 aliphatic carbocycles. The van der Waals surface area contributed by atoms with Crippen LogP contribution in [0.4, 0.5) is 11.5 Å². The van der Waals surface area contributed by atoms with Crippen molar-refractivity contribution in [2.24, 2.45) is 5.92 Å². The van der Waals surface area contributed by atoms with Crippen molar-refractivity contribution in [1.29, 1.82) is 0 Å². The van der Waals surface area contributed by atoms with E-state index in [0.29, 0.717) is 32.1 Å². The molecule has 1 aliphatic heterocycles. The van der Waals surface area contributed by atoms with Crippen LogP contribution in [0.1, 0.15) is 12.8 Å². The average Bonchev–Trinajstić information content (AvgIpc) is 2.55. The van der Waals surface area contributed by atoms with Crippen LogP contribution in [0, 0.1) is 16.0 Å². The summed E-state index contributed by atoms with van der Waals surface area (Å²) in [5, 5.41) is 13.5. The molecule has 8 heteroatoms. The monoisotopic (exact) mass is 308 g/mol. The summed E-state index contributed by atoms with van der Waals surface area (Å²) < 4.78 is 4.90. The van der Waals surface area contributed by atoms with Gasteiger partial charge in [-0.25, -0.2) is 4.98 Å². The number of amides is 1. The fourth-order valence-electron chi connectivity index (χ4n) is 2.46. The summed E-state index contributed by atoms with van der Waals surface area (Å²) in [6, 6.07) is 3.10. The predicted octanol–water partition coefficient (Wildman–Crippen LogP) is 0.969. The average molecular weight is 308 g/mol. The number of ether oxygens (including phenoxy) is 1. The van der Waals surface area contributed by atoms with E-state index in [1.54, 1.807) is 13.2 Å². The molecular formula is C14H20N4O4. The highest BCUT2D eigenvalue weighted by Gasteiger charge is 2.25. The lowest BCUT2D eigenvalue weighted by Crippen LogP contribution is -2.41. The third-order valence-electron chi connectivity index (χ3n) is 3.74. The van der Waals surface area contributed by atoms with E-state index in [1.165, 1.54) is 12.3 Å². The zero-order valence-electron chi connectivity index (χ0n) is 12.5. The molecule has 2 heterocycles. The van der Waals surface area contributed by atoms with Crippen LogP contribution in [0.3, 0.4) is 0 Å². The number of anilines is 1. The normalized spacial score (nSPS) is 15.6. The Morgan fingerprint density at radius 1 is 1.50 bits per heavy atom. The Morgan fingerprint density at radius 3 is 2.77 bits per heavy atom. The Hall–Kier alpha value is -2.22. The van der Waals surface area contributed by atoms with E-state index < -0.39 is 4.92 Å². The minimum absolute atomic E-state index is 0.00570. The van der Waals surface area contributed by atoms with Crippen molar-refractivity contribution in [2.75, 3.05) is 38.3 Å². The Balaban J connectivity index is 1.83. The molecule has 120 valence electrons. The van der Waals surface area contributed by atoms with Crippen LogP contribution in [0.5, 0.6) is 0 Å². The van der Waals surface area contributed by atoms with Gasteiger partial charge in [0.05, 0.1) is 11.5 Å². The maximum absolute atomic E-state index is 12.0. The Morgan fingerprint density at radius 2 is 2.23 bits per heavy atom. The molecule has 2 rings (SSSR count). The Bertz CT molecular complexity index is 512. The summed E-state index contributed by atoms with van der Waals surface area (Å²) >= 11 is 0. The number of aromatic nitrogens is 1. The quantitative estimate of drug-likeness (QED) is 0.478. The number of nitrogens with one attached hydrogen (secondary N) is 1. The smallest absolute Gasteiger partial charge is 0.287 e. The number of carbonyl (C=O) groups excluding carboxylic acids is 1. The highest BCUT2D eigenvalue weighted by atomic mass is 16.6. The predicted molar refractivity (Wildman–Crippen MR) is 80.7 cm³/mol. The lowest BCUT2D eigenvalue weighted by atomic mass is 9.96. The third-order valence-corrected chi connectivity index (χ3v) is 3.74. The summed E-state index contributed by atoms with van der Waals surface area (Å²) in [6.07, 6.45) is 2.76. The second-order valence-electron chi connectivity index (χ2n) is 5.18. The molecule has 0 atom stereocenters. The van der Waals surface area contributed by atoms with E-state index in [9.17, 15) is 14.9 Å². The first-order valence-electron chi connectivity index (χ1n) is 7.24. The number of piperidine rings is 1. The van der Waals surface area contributed by atoms with E-state index in [1.807, 2.05) is 4.90 Å². The van der Waals surface area contributed by atoms with Crippen LogP contribution in [0.15, 0.2) is 18.3 Å². The second kappa shape index (κ2) is 7.69. The molecule has 0 aromatic carbocycles. The van der Waals surface area contributed by atoms with Crippen LogP contribution in [0.25, 0.3) is 0 Å². The molecule has 1 amide bonds. The van der Waals surface area contributed by atoms with Gasteiger partial charge in [-0.3, -0.25) is 14.9 Å². The molecule has 1 N–H and O–H groups in total. The maximum Gasteiger partial charge on any atom is 0.287 e. The van der Waals surface area contributed by atoms with Crippen LogP contribution in [-0.2, 0) is 9.53 Å². The fourth-order valence-corrected chi connectivity index (χ4v) is 2.46. The Labute approximate surface area is 128 Å². The van der Waals surface area contributed by atoms with Gasteiger partial charge < -0.3 is 15.0 Å². The van der Waals surface area contributed by atoms with Crippen molar-refractivity contribution in [3.63, 3.8) is 0 Å². The lowest BCUT2D eigenvalue weighted by molar-refractivity contribution is -0.385. The summed E-state index contributed by atoms with van der Waals surface area (Å²) in [6.45, 7) is 2.47. The maximum atomic E-state index is 12.0. The molecule has 8 nitrogen and oxygen atoms in total. The van der Waals surface area contributed by atoms with E-state index in [2.05, 4.69) is 10.3 Å². The zero-order valence-corrected chi connectivity index (χ0v) is 12.5. The van der Waals surface area contributed by atoms with Gasteiger partial charge in [0.2, 0.25) is 5.91 Å². The molecule has 1 saturated heterocycles. The van der Waals surface area contributed by atoms with Crippen LogP contribution in [0.2, 0.25) is 0 Å². The molecule has 0 unspecified atom stereocenters. The molecule has 0 bridgehead atoms. The van der Waals surface area contributed by atoms with Crippen molar-refractivity contribution in [2.45, 2.75) is 12.8 Å². The van der Waals surface area contributed by atoms with E-state index in [4.69, 9.17) is 4.74 Å². The van der Waals surface area contributed by atoms with E-state index in [-0.39, 0.29) is 17.5 Å². The highest BCUT2D eigenvalue weighted by Crippen LogP contribution is 2.23. The molecule has 1 fully saturated rings. The minimum atomic E-state index is -0.465. The molecule has 0 spiro atoms. The van der Waals surface area contributed by atoms with Gasteiger partial charge in [-0.05, 0) is 18.9 Å². The third kappa shape index (κ3) is 4.14. The molecule has 0 saturated carbocycles. The van der Waals surface area contributed by atoms with Crippen molar-refractivity contribution < 1.29 is 14.5 Å². The molecular weight excluding hydrogens is 288 g/mol. The molecule has 1 aromatic rings. The van der Waals surface area contributed by atoms with Crippen LogP contribution < -0.4 is 10.2 Å². The number of carbonyl (C=O) groups is 1. The number of pyridine rings is 1. The molecule has 0 radical (unpaired) electrons. The number of nitrogens with zero attached hydrogens (tertiary/aromatic N) is 3. The van der Waals surface area contributed by atoms with Gasteiger partial charge in [-0.1, -0.05) is 0 Å². The number of methoxy groups -OCH3 is 1. The van der Waals surface area contributed by atoms with Gasteiger partial charge in [-0.2, -0.15) is 0 Å². The first-order chi connectivity index (χ1) is 10.6. The first-order valence-corrected chi connectivity index (χ1v) is 7.24. The van der Waals surface area contributed by atoms with Crippen molar-refractivity contribution in [3.05, 3.63) is 28.4 Å². The summed E-state index contributed by atoms with van der Waals surface area (Å²) in [4.78, 5) is 28.3.